The van der Waals surface area contributed by atoms with Crippen LogP contribution >= 0.6 is 0 Å². The molecule has 0 fully saturated rings. The maximum atomic E-state index is 12.5. The van der Waals surface area contributed by atoms with Crippen molar-refractivity contribution in [3.63, 3.8) is 0 Å². The lowest BCUT2D eigenvalue weighted by atomic mass is 9.93. The van der Waals surface area contributed by atoms with Crippen LogP contribution in [0.3, 0.4) is 0 Å². The molecular formula is C15H19NO2. The molecule has 18 heavy (non-hydrogen) atoms. The number of hydrogen-bond donors (Lipinski definition) is 0. The third-order valence-electron chi connectivity index (χ3n) is 3.82. The molecule has 0 saturated heterocycles. The van der Waals surface area contributed by atoms with Crippen LogP contribution in [0.4, 0.5) is 0 Å². The minimum absolute atomic E-state index is 0.0775. The van der Waals surface area contributed by atoms with E-state index >= 15 is 0 Å². The third-order valence-corrected chi connectivity index (χ3v) is 3.82. The molecule has 1 amide bonds. The van der Waals surface area contributed by atoms with E-state index in [0.29, 0.717) is 17.2 Å². The van der Waals surface area contributed by atoms with E-state index < -0.39 is 0 Å². The van der Waals surface area contributed by atoms with Crippen LogP contribution in [0.2, 0.25) is 0 Å². The zero-order valence-electron chi connectivity index (χ0n) is 11.0. The summed E-state index contributed by atoms with van der Waals surface area (Å²) in [6, 6.07) is 5.72. The highest BCUT2D eigenvalue weighted by Crippen LogP contribution is 2.24. The first-order valence-electron chi connectivity index (χ1n) is 6.60. The zero-order valence-corrected chi connectivity index (χ0v) is 11.0. The van der Waals surface area contributed by atoms with Gasteiger partial charge in [-0.25, -0.2) is 0 Å². The van der Waals surface area contributed by atoms with Crippen molar-refractivity contribution in [1.29, 1.82) is 0 Å². The van der Waals surface area contributed by atoms with Crippen molar-refractivity contribution in [3.8, 4) is 0 Å². The second-order valence-electron chi connectivity index (χ2n) is 4.71. The Morgan fingerprint density at radius 3 is 2.67 bits per heavy atom. The summed E-state index contributed by atoms with van der Waals surface area (Å²) in [7, 11) is 0. The first-order chi connectivity index (χ1) is 8.72. The van der Waals surface area contributed by atoms with Gasteiger partial charge in [0.15, 0.2) is 0 Å². The third kappa shape index (κ3) is 2.05. The molecule has 0 aromatic heterocycles. The molecule has 0 unspecified atom stereocenters. The van der Waals surface area contributed by atoms with Gasteiger partial charge in [0.25, 0.3) is 5.91 Å². The van der Waals surface area contributed by atoms with E-state index in [1.54, 1.807) is 12.1 Å². The van der Waals surface area contributed by atoms with Crippen LogP contribution in [0.5, 0.6) is 0 Å². The maximum absolute atomic E-state index is 12.5. The summed E-state index contributed by atoms with van der Waals surface area (Å²) in [4.78, 5) is 25.4. The van der Waals surface area contributed by atoms with E-state index in [2.05, 4.69) is 13.8 Å². The maximum Gasteiger partial charge on any atom is 0.254 e. The quantitative estimate of drug-likeness (QED) is 0.765. The molecule has 0 atom stereocenters. The van der Waals surface area contributed by atoms with E-state index in [4.69, 9.17) is 0 Å². The summed E-state index contributed by atoms with van der Waals surface area (Å²) < 4.78 is 0. The Morgan fingerprint density at radius 1 is 1.33 bits per heavy atom. The highest BCUT2D eigenvalue weighted by atomic mass is 16.2. The standard InChI is InChI=1S/C15H19NO2/c1-3-12(4-2)16-9-8-13-11(10-17)6-5-7-14(13)15(16)18/h5-7,10,12H,3-4,8-9H2,1-2H3. The molecule has 0 radical (unpaired) electrons. The lowest BCUT2D eigenvalue weighted by molar-refractivity contribution is 0.0649. The highest BCUT2D eigenvalue weighted by molar-refractivity contribution is 5.99. The smallest absolute Gasteiger partial charge is 0.254 e. The number of nitrogens with zero attached hydrogens (tertiary/aromatic N) is 1. The molecule has 1 heterocycles. The lowest BCUT2D eigenvalue weighted by Crippen LogP contribution is -2.44. The number of fused-ring (bicyclic) bond motifs is 1. The van der Waals surface area contributed by atoms with Crippen LogP contribution in [0.25, 0.3) is 0 Å². The molecule has 1 aromatic rings. The Labute approximate surface area is 108 Å². The Balaban J connectivity index is 2.37. The minimum Gasteiger partial charge on any atom is -0.335 e. The Bertz CT molecular complexity index is 464. The van der Waals surface area contributed by atoms with Gasteiger partial charge < -0.3 is 4.90 Å². The van der Waals surface area contributed by atoms with E-state index in [1.807, 2.05) is 11.0 Å². The van der Waals surface area contributed by atoms with Crippen molar-refractivity contribution in [2.24, 2.45) is 0 Å². The van der Waals surface area contributed by atoms with Crippen LogP contribution in [0, 0.1) is 0 Å². The lowest BCUT2D eigenvalue weighted by Gasteiger charge is -2.35. The number of benzene rings is 1. The van der Waals surface area contributed by atoms with Gasteiger partial charge in [0.1, 0.15) is 6.29 Å². The van der Waals surface area contributed by atoms with Crippen LogP contribution < -0.4 is 0 Å². The SMILES string of the molecule is CCC(CC)N1CCc2c(C=O)cccc2C1=O. The molecular weight excluding hydrogens is 226 g/mol. The number of rotatable bonds is 4. The molecule has 0 aliphatic carbocycles. The molecule has 0 bridgehead atoms. The average Bonchev–Trinajstić information content (AvgIpc) is 2.42. The summed E-state index contributed by atoms with van der Waals surface area (Å²) in [5.41, 5.74) is 2.28. The first kappa shape index (κ1) is 12.8. The second kappa shape index (κ2) is 5.34. The number of carbonyl (C=O) groups excluding carboxylic acids is 2. The highest BCUT2D eigenvalue weighted by Gasteiger charge is 2.29. The van der Waals surface area contributed by atoms with Crippen molar-refractivity contribution >= 4 is 12.2 Å². The van der Waals surface area contributed by atoms with E-state index in [-0.39, 0.29) is 5.91 Å². The second-order valence-corrected chi connectivity index (χ2v) is 4.71. The first-order valence-corrected chi connectivity index (χ1v) is 6.60. The van der Waals surface area contributed by atoms with Gasteiger partial charge in [-0.15, -0.1) is 0 Å². The van der Waals surface area contributed by atoms with Crippen LogP contribution in [0.1, 0.15) is 53.0 Å². The van der Waals surface area contributed by atoms with Gasteiger partial charge in [0, 0.05) is 23.7 Å². The monoisotopic (exact) mass is 245 g/mol. The van der Waals surface area contributed by atoms with Crippen LogP contribution in [-0.4, -0.2) is 29.7 Å². The molecule has 1 aromatic carbocycles. The van der Waals surface area contributed by atoms with E-state index in [9.17, 15) is 9.59 Å². The molecule has 1 aliphatic heterocycles. The van der Waals surface area contributed by atoms with Crippen molar-refractivity contribution in [2.75, 3.05) is 6.54 Å². The van der Waals surface area contributed by atoms with Crippen LogP contribution in [0.15, 0.2) is 18.2 Å². The van der Waals surface area contributed by atoms with Crippen molar-refractivity contribution < 1.29 is 9.59 Å². The van der Waals surface area contributed by atoms with Crippen molar-refractivity contribution in [2.45, 2.75) is 39.2 Å². The molecule has 96 valence electrons. The Kier molecular flexibility index (Phi) is 3.80. The van der Waals surface area contributed by atoms with Gasteiger partial charge in [-0.3, -0.25) is 9.59 Å². The number of carbonyl (C=O) groups is 2. The fraction of sp³-hybridized carbons (Fsp3) is 0.467. The van der Waals surface area contributed by atoms with Gasteiger partial charge in [-0.05, 0) is 30.9 Å². The summed E-state index contributed by atoms with van der Waals surface area (Å²) >= 11 is 0. The van der Waals surface area contributed by atoms with E-state index in [0.717, 1.165) is 37.7 Å². The summed E-state index contributed by atoms with van der Waals surface area (Å²) in [6.45, 7) is 4.95. The largest absolute Gasteiger partial charge is 0.335 e. The molecule has 1 aliphatic rings. The summed E-state index contributed by atoms with van der Waals surface area (Å²) in [5, 5.41) is 0. The molecule has 0 N–H and O–H groups in total. The summed E-state index contributed by atoms with van der Waals surface area (Å²) in [6.07, 6.45) is 3.58. The van der Waals surface area contributed by atoms with Gasteiger partial charge in [0.2, 0.25) is 0 Å². The van der Waals surface area contributed by atoms with Crippen LogP contribution in [-0.2, 0) is 6.42 Å². The zero-order chi connectivity index (χ0) is 13.1. The van der Waals surface area contributed by atoms with Crippen molar-refractivity contribution in [3.05, 3.63) is 34.9 Å². The number of aldehydes is 1. The number of hydrogen-bond acceptors (Lipinski definition) is 2. The molecule has 0 spiro atoms. The molecule has 2 rings (SSSR count). The fourth-order valence-corrected chi connectivity index (χ4v) is 2.76. The molecule has 3 nitrogen and oxygen atoms in total. The minimum atomic E-state index is 0.0775. The van der Waals surface area contributed by atoms with Gasteiger partial charge in [-0.2, -0.15) is 0 Å². The number of amides is 1. The Hall–Kier alpha value is -1.64. The average molecular weight is 245 g/mol. The molecule has 3 heteroatoms. The topological polar surface area (TPSA) is 37.4 Å². The fourth-order valence-electron chi connectivity index (χ4n) is 2.76. The predicted octanol–water partition coefficient (Wildman–Crippen LogP) is 2.69. The Morgan fingerprint density at radius 2 is 2.06 bits per heavy atom. The van der Waals surface area contributed by atoms with E-state index in [1.165, 1.54) is 0 Å². The van der Waals surface area contributed by atoms with Gasteiger partial charge in [0.05, 0.1) is 0 Å². The molecule has 0 saturated carbocycles. The predicted molar refractivity (Wildman–Crippen MR) is 70.9 cm³/mol. The van der Waals surface area contributed by atoms with Gasteiger partial charge in [-0.1, -0.05) is 26.0 Å². The normalized spacial score (nSPS) is 14.8. The van der Waals surface area contributed by atoms with Gasteiger partial charge >= 0.3 is 0 Å². The summed E-state index contributed by atoms with van der Waals surface area (Å²) in [5.74, 6) is 0.0775. The van der Waals surface area contributed by atoms with Crippen molar-refractivity contribution in [1.82, 2.24) is 4.90 Å².